The molecule has 0 saturated carbocycles. The number of carboxylic acid groups (broad SMARTS) is 1. The topological polar surface area (TPSA) is 66.8 Å². The minimum absolute atomic E-state index is 0.148. The molecule has 1 aliphatic rings. The molecule has 172 valence electrons. The molecular weight excluding hydrogens is 402 g/mol. The van der Waals surface area contributed by atoms with Gasteiger partial charge in [-0.2, -0.15) is 0 Å². The number of ether oxygens (including phenoxy) is 1. The first-order valence-electron chi connectivity index (χ1n) is 11.4. The molecule has 2 aromatic rings. The quantitative estimate of drug-likeness (QED) is 0.617. The molecule has 5 heteroatoms. The molecule has 0 spiro atoms. The summed E-state index contributed by atoms with van der Waals surface area (Å²) in [5.41, 5.74) is 2.05. The van der Waals surface area contributed by atoms with Gasteiger partial charge in [0.15, 0.2) is 0 Å². The van der Waals surface area contributed by atoms with Gasteiger partial charge in [-0.1, -0.05) is 49.4 Å². The predicted octanol–water partition coefficient (Wildman–Crippen LogP) is 5.01. The lowest BCUT2D eigenvalue weighted by Gasteiger charge is -2.38. The zero-order valence-electron chi connectivity index (χ0n) is 19.6. The van der Waals surface area contributed by atoms with E-state index in [1.165, 1.54) is 0 Å². The van der Waals surface area contributed by atoms with Crippen LogP contribution in [0.1, 0.15) is 61.5 Å². The summed E-state index contributed by atoms with van der Waals surface area (Å²) in [6, 6.07) is 17.4. The Morgan fingerprint density at radius 1 is 1.12 bits per heavy atom. The molecule has 5 nitrogen and oxygen atoms in total. The molecule has 1 heterocycles. The Bertz CT molecular complexity index is 919. The second kappa shape index (κ2) is 10.3. The predicted molar refractivity (Wildman–Crippen MR) is 126 cm³/mol. The molecule has 3 rings (SSSR count). The maximum atomic E-state index is 13.0. The molecule has 0 aliphatic carbocycles. The highest BCUT2D eigenvalue weighted by molar-refractivity contribution is 5.87. The Labute approximate surface area is 191 Å². The third-order valence-corrected chi connectivity index (χ3v) is 6.09. The molecule has 1 fully saturated rings. The summed E-state index contributed by atoms with van der Waals surface area (Å²) < 4.78 is 5.75. The first-order valence-corrected chi connectivity index (χ1v) is 11.4. The Kier molecular flexibility index (Phi) is 7.73. The van der Waals surface area contributed by atoms with Crippen LogP contribution in [0.2, 0.25) is 0 Å². The number of carbonyl (C=O) groups is 2. The summed E-state index contributed by atoms with van der Waals surface area (Å²) in [6.45, 7) is 10.3. The van der Waals surface area contributed by atoms with Crippen LogP contribution >= 0.6 is 0 Å². The van der Waals surface area contributed by atoms with Crippen LogP contribution in [-0.2, 0) is 16.0 Å². The third-order valence-electron chi connectivity index (χ3n) is 6.09. The monoisotopic (exact) mass is 437 g/mol. The fraction of sp³-hybridized carbons (Fsp3) is 0.481. The lowest BCUT2D eigenvalue weighted by molar-refractivity contribution is -0.160. The van der Waals surface area contributed by atoms with Crippen molar-refractivity contribution in [2.24, 2.45) is 11.8 Å². The van der Waals surface area contributed by atoms with Gasteiger partial charge in [0.1, 0.15) is 5.60 Å². The van der Waals surface area contributed by atoms with Gasteiger partial charge in [-0.15, -0.1) is 0 Å². The highest BCUT2D eigenvalue weighted by Crippen LogP contribution is 2.34. The third kappa shape index (κ3) is 6.67. The molecular formula is C27H35NO4. The van der Waals surface area contributed by atoms with E-state index in [1.807, 2.05) is 51.1 Å². The van der Waals surface area contributed by atoms with Crippen LogP contribution in [-0.4, -0.2) is 47.2 Å². The number of carboxylic acids is 1. The molecule has 0 bridgehead atoms. The van der Waals surface area contributed by atoms with Crippen LogP contribution in [0.15, 0.2) is 54.6 Å². The lowest BCUT2D eigenvalue weighted by Crippen LogP contribution is -2.44. The fourth-order valence-electron chi connectivity index (χ4n) is 4.61. The van der Waals surface area contributed by atoms with Gasteiger partial charge in [-0.25, -0.2) is 4.79 Å². The van der Waals surface area contributed by atoms with Gasteiger partial charge in [-0.3, -0.25) is 4.79 Å². The molecule has 1 saturated heterocycles. The van der Waals surface area contributed by atoms with E-state index in [-0.39, 0.29) is 11.9 Å². The summed E-state index contributed by atoms with van der Waals surface area (Å²) in [5, 5.41) is 9.32. The average Bonchev–Trinajstić information content (AvgIpc) is 2.73. The normalized spacial score (nSPS) is 20.5. The summed E-state index contributed by atoms with van der Waals surface area (Å²) in [7, 11) is 0. The number of benzene rings is 2. The van der Waals surface area contributed by atoms with E-state index in [0.717, 1.165) is 30.6 Å². The van der Waals surface area contributed by atoms with E-state index in [9.17, 15) is 14.7 Å². The Balaban J connectivity index is 1.69. The van der Waals surface area contributed by atoms with Crippen molar-refractivity contribution in [1.82, 2.24) is 4.90 Å². The van der Waals surface area contributed by atoms with Gasteiger partial charge in [-0.05, 0) is 75.3 Å². The second-order valence-corrected chi connectivity index (χ2v) is 9.98. The van der Waals surface area contributed by atoms with Gasteiger partial charge in [0.25, 0.3) is 0 Å². The Hall–Kier alpha value is -2.66. The number of piperidine rings is 1. The summed E-state index contributed by atoms with van der Waals surface area (Å²) in [5.74, 6) is -0.581. The van der Waals surface area contributed by atoms with Gasteiger partial charge in [0.05, 0.1) is 11.5 Å². The van der Waals surface area contributed by atoms with Gasteiger partial charge < -0.3 is 14.7 Å². The summed E-state index contributed by atoms with van der Waals surface area (Å²) in [4.78, 5) is 26.7. The van der Waals surface area contributed by atoms with Crippen molar-refractivity contribution < 1.29 is 19.4 Å². The van der Waals surface area contributed by atoms with Crippen molar-refractivity contribution >= 4 is 11.9 Å². The molecule has 1 N–H and O–H groups in total. The van der Waals surface area contributed by atoms with Crippen molar-refractivity contribution in [2.75, 3.05) is 19.6 Å². The number of esters is 1. The molecule has 0 radical (unpaired) electrons. The van der Waals surface area contributed by atoms with E-state index < -0.39 is 11.6 Å². The van der Waals surface area contributed by atoms with Crippen molar-refractivity contribution in [2.45, 2.75) is 52.1 Å². The molecule has 3 atom stereocenters. The maximum Gasteiger partial charge on any atom is 0.335 e. The first kappa shape index (κ1) is 24.0. The van der Waals surface area contributed by atoms with E-state index in [4.69, 9.17) is 4.74 Å². The number of hydrogen-bond acceptors (Lipinski definition) is 4. The molecule has 32 heavy (non-hydrogen) atoms. The minimum Gasteiger partial charge on any atom is -0.478 e. The molecule has 0 amide bonds. The standard InChI is InChI=1S/C27H35NO4/c1-19-17-28(14-13-24(19)21-11-8-12-22(16-21)25(29)30)18-23(26(31)32-27(2,3)4)15-20-9-6-5-7-10-20/h5-12,16,19,23-24H,13-15,17-18H2,1-4H3,(H,29,30). The maximum absolute atomic E-state index is 13.0. The number of hydrogen-bond donors (Lipinski definition) is 1. The molecule has 1 aliphatic heterocycles. The second-order valence-electron chi connectivity index (χ2n) is 9.98. The summed E-state index contributed by atoms with van der Waals surface area (Å²) in [6.07, 6.45) is 1.60. The van der Waals surface area contributed by atoms with E-state index in [0.29, 0.717) is 30.4 Å². The number of carbonyl (C=O) groups excluding carboxylic acids is 1. The molecule has 3 unspecified atom stereocenters. The zero-order valence-corrected chi connectivity index (χ0v) is 19.6. The average molecular weight is 438 g/mol. The largest absolute Gasteiger partial charge is 0.478 e. The van der Waals surface area contributed by atoms with Gasteiger partial charge >= 0.3 is 11.9 Å². The minimum atomic E-state index is -0.891. The van der Waals surface area contributed by atoms with Gasteiger partial charge in [0, 0.05) is 13.1 Å². The molecule has 2 aromatic carbocycles. The van der Waals surface area contributed by atoms with Crippen LogP contribution < -0.4 is 0 Å². The van der Waals surface area contributed by atoms with Crippen LogP contribution in [0, 0.1) is 11.8 Å². The van der Waals surface area contributed by atoms with Crippen molar-refractivity contribution in [3.8, 4) is 0 Å². The van der Waals surface area contributed by atoms with Crippen molar-refractivity contribution in [1.29, 1.82) is 0 Å². The van der Waals surface area contributed by atoms with Crippen LogP contribution in [0.25, 0.3) is 0 Å². The zero-order chi connectivity index (χ0) is 23.3. The van der Waals surface area contributed by atoms with Crippen LogP contribution in [0.5, 0.6) is 0 Å². The lowest BCUT2D eigenvalue weighted by atomic mass is 9.80. The van der Waals surface area contributed by atoms with Crippen molar-refractivity contribution in [3.05, 3.63) is 71.3 Å². The van der Waals surface area contributed by atoms with E-state index in [2.05, 4.69) is 24.0 Å². The number of aromatic carboxylic acids is 1. The molecule has 0 aromatic heterocycles. The van der Waals surface area contributed by atoms with E-state index in [1.54, 1.807) is 12.1 Å². The fourth-order valence-corrected chi connectivity index (χ4v) is 4.61. The van der Waals surface area contributed by atoms with E-state index >= 15 is 0 Å². The highest BCUT2D eigenvalue weighted by Gasteiger charge is 2.32. The number of rotatable bonds is 7. The van der Waals surface area contributed by atoms with Crippen molar-refractivity contribution in [3.63, 3.8) is 0 Å². The smallest absolute Gasteiger partial charge is 0.335 e. The van der Waals surface area contributed by atoms with Crippen LogP contribution in [0.4, 0.5) is 0 Å². The number of nitrogens with zero attached hydrogens (tertiary/aromatic N) is 1. The highest BCUT2D eigenvalue weighted by atomic mass is 16.6. The Morgan fingerprint density at radius 3 is 2.47 bits per heavy atom. The Morgan fingerprint density at radius 2 is 1.84 bits per heavy atom. The number of likely N-dealkylation sites (tertiary alicyclic amines) is 1. The first-order chi connectivity index (χ1) is 15.1. The summed E-state index contributed by atoms with van der Waals surface area (Å²) >= 11 is 0. The van der Waals surface area contributed by atoms with Gasteiger partial charge in [0.2, 0.25) is 0 Å². The van der Waals surface area contributed by atoms with Crippen LogP contribution in [0.3, 0.4) is 0 Å². The SMILES string of the molecule is CC1CN(CC(Cc2ccccc2)C(=O)OC(C)(C)C)CCC1c1cccc(C(=O)O)c1.